The fourth-order valence-corrected chi connectivity index (χ4v) is 1.64. The summed E-state index contributed by atoms with van der Waals surface area (Å²) in [5, 5.41) is 23.0. The lowest BCUT2D eigenvalue weighted by atomic mass is 10.2. The van der Waals surface area contributed by atoms with Gasteiger partial charge in [0.2, 0.25) is 0 Å². The lowest BCUT2D eigenvalue weighted by Crippen LogP contribution is -2.01. The highest BCUT2D eigenvalue weighted by atomic mass is 19.1. The Balaban J connectivity index is 2.16. The minimum Gasteiger partial charge on any atom is -0.508 e. The molecule has 98 valence electrons. The van der Waals surface area contributed by atoms with Gasteiger partial charge in [-0.05, 0) is 12.1 Å². The van der Waals surface area contributed by atoms with E-state index in [2.05, 4.69) is 5.32 Å². The molecule has 5 nitrogen and oxygen atoms in total. The van der Waals surface area contributed by atoms with Crippen molar-refractivity contribution in [1.82, 2.24) is 0 Å². The summed E-state index contributed by atoms with van der Waals surface area (Å²) in [5.41, 5.74) is 0.587. The first-order valence-electron chi connectivity index (χ1n) is 5.52. The van der Waals surface area contributed by atoms with Gasteiger partial charge in [0.05, 0.1) is 11.0 Å². The minimum atomic E-state index is -0.686. The summed E-state index contributed by atoms with van der Waals surface area (Å²) in [6, 6.07) is 9.93. The highest BCUT2D eigenvalue weighted by molar-refractivity contribution is 5.52. The molecule has 0 amide bonds. The number of halogens is 1. The molecule has 0 radical (unpaired) electrons. The Morgan fingerprint density at radius 3 is 2.68 bits per heavy atom. The highest BCUT2D eigenvalue weighted by Crippen LogP contribution is 2.22. The van der Waals surface area contributed by atoms with Crippen molar-refractivity contribution in [3.63, 3.8) is 0 Å². The molecule has 0 saturated heterocycles. The molecule has 0 aliphatic heterocycles. The van der Waals surface area contributed by atoms with Crippen LogP contribution in [-0.4, -0.2) is 10.0 Å². The Labute approximate surface area is 108 Å². The van der Waals surface area contributed by atoms with Crippen LogP contribution >= 0.6 is 0 Å². The second-order valence-electron chi connectivity index (χ2n) is 3.94. The number of rotatable bonds is 4. The fraction of sp³-hybridized carbons (Fsp3) is 0.0769. The van der Waals surface area contributed by atoms with E-state index in [1.807, 2.05) is 0 Å². The van der Waals surface area contributed by atoms with Gasteiger partial charge in [-0.15, -0.1) is 0 Å². The zero-order valence-corrected chi connectivity index (χ0v) is 9.84. The number of nitrogens with one attached hydrogen (secondary N) is 1. The molecule has 0 heterocycles. The molecular formula is C13H11FN2O3. The molecule has 2 N–H and O–H groups in total. The molecule has 0 aromatic heterocycles. The van der Waals surface area contributed by atoms with Gasteiger partial charge in [0.25, 0.3) is 5.69 Å². The first-order chi connectivity index (χ1) is 9.06. The van der Waals surface area contributed by atoms with Crippen molar-refractivity contribution in [2.24, 2.45) is 0 Å². The summed E-state index contributed by atoms with van der Waals surface area (Å²) in [5.74, 6) is -0.574. The molecule has 0 unspecified atom stereocenters. The third-order valence-electron chi connectivity index (χ3n) is 2.57. The standard InChI is InChI=1S/C13H11FN2O3/c14-10-5-11(7-12(6-10)16(18)19)15-8-9-3-1-2-4-13(9)17/h1-7,15,17H,8H2. The summed E-state index contributed by atoms with van der Waals surface area (Å²) >= 11 is 0. The van der Waals surface area contributed by atoms with Crippen molar-refractivity contribution >= 4 is 11.4 Å². The van der Waals surface area contributed by atoms with E-state index in [-0.39, 0.29) is 23.7 Å². The van der Waals surface area contributed by atoms with Gasteiger partial charge in [0.1, 0.15) is 11.6 Å². The molecule has 2 aromatic carbocycles. The van der Waals surface area contributed by atoms with E-state index in [1.54, 1.807) is 18.2 Å². The van der Waals surface area contributed by atoms with E-state index >= 15 is 0 Å². The van der Waals surface area contributed by atoms with E-state index in [1.165, 1.54) is 12.1 Å². The Kier molecular flexibility index (Phi) is 3.61. The molecule has 6 heteroatoms. The van der Waals surface area contributed by atoms with E-state index in [4.69, 9.17) is 0 Å². The van der Waals surface area contributed by atoms with E-state index in [0.717, 1.165) is 12.1 Å². The van der Waals surface area contributed by atoms with Gasteiger partial charge < -0.3 is 10.4 Å². The summed E-state index contributed by atoms with van der Waals surface area (Å²) in [7, 11) is 0. The molecule has 2 aromatic rings. The lowest BCUT2D eigenvalue weighted by Gasteiger charge is -2.08. The number of phenols is 1. The van der Waals surface area contributed by atoms with Crippen LogP contribution in [-0.2, 0) is 6.54 Å². The number of phenolic OH excluding ortho intramolecular Hbond substituents is 1. The van der Waals surface area contributed by atoms with E-state index in [9.17, 15) is 19.6 Å². The van der Waals surface area contributed by atoms with Crippen molar-refractivity contribution in [3.8, 4) is 5.75 Å². The Hall–Kier alpha value is -2.63. The number of anilines is 1. The van der Waals surface area contributed by atoms with Crippen LogP contribution < -0.4 is 5.32 Å². The van der Waals surface area contributed by atoms with Gasteiger partial charge in [-0.25, -0.2) is 4.39 Å². The van der Waals surface area contributed by atoms with Crippen LogP contribution in [0.4, 0.5) is 15.8 Å². The number of nitro groups is 1. The maximum absolute atomic E-state index is 13.2. The zero-order valence-electron chi connectivity index (χ0n) is 9.84. The van der Waals surface area contributed by atoms with Gasteiger partial charge >= 0.3 is 0 Å². The van der Waals surface area contributed by atoms with Crippen molar-refractivity contribution in [2.75, 3.05) is 5.32 Å². The number of non-ortho nitro benzene ring substituents is 1. The summed E-state index contributed by atoms with van der Waals surface area (Å²) in [6.07, 6.45) is 0. The third kappa shape index (κ3) is 3.19. The van der Waals surface area contributed by atoms with Crippen LogP contribution in [0.1, 0.15) is 5.56 Å². The van der Waals surface area contributed by atoms with Crippen LogP contribution in [0.2, 0.25) is 0 Å². The fourth-order valence-electron chi connectivity index (χ4n) is 1.64. The number of aromatic hydroxyl groups is 1. The van der Waals surface area contributed by atoms with Crippen molar-refractivity contribution < 1.29 is 14.4 Å². The number of hydrogen-bond acceptors (Lipinski definition) is 4. The van der Waals surface area contributed by atoms with Gasteiger partial charge in [-0.3, -0.25) is 10.1 Å². The zero-order chi connectivity index (χ0) is 13.8. The van der Waals surface area contributed by atoms with Gasteiger partial charge in [0, 0.05) is 23.9 Å². The second-order valence-corrected chi connectivity index (χ2v) is 3.94. The van der Waals surface area contributed by atoms with E-state index in [0.29, 0.717) is 5.56 Å². The van der Waals surface area contributed by atoms with Crippen molar-refractivity contribution in [3.05, 3.63) is 64.0 Å². The Morgan fingerprint density at radius 1 is 1.26 bits per heavy atom. The predicted octanol–water partition coefficient (Wildman–Crippen LogP) is 3.05. The first kappa shape index (κ1) is 12.8. The average Bonchev–Trinajstić information content (AvgIpc) is 2.37. The molecule has 0 aliphatic rings. The van der Waals surface area contributed by atoms with Crippen LogP contribution in [0.25, 0.3) is 0 Å². The van der Waals surface area contributed by atoms with Gasteiger partial charge in [-0.2, -0.15) is 0 Å². The molecule has 0 saturated carbocycles. The molecule has 0 aliphatic carbocycles. The van der Waals surface area contributed by atoms with Crippen molar-refractivity contribution in [1.29, 1.82) is 0 Å². The minimum absolute atomic E-state index is 0.112. The maximum atomic E-state index is 13.2. The van der Waals surface area contributed by atoms with Gasteiger partial charge in [-0.1, -0.05) is 18.2 Å². The first-order valence-corrected chi connectivity index (χ1v) is 5.52. The van der Waals surface area contributed by atoms with E-state index < -0.39 is 10.7 Å². The maximum Gasteiger partial charge on any atom is 0.274 e. The number of benzene rings is 2. The smallest absolute Gasteiger partial charge is 0.274 e. The molecule has 0 fully saturated rings. The molecule has 19 heavy (non-hydrogen) atoms. The van der Waals surface area contributed by atoms with Crippen LogP contribution in [0.5, 0.6) is 5.75 Å². The summed E-state index contributed by atoms with van der Waals surface area (Å²) in [6.45, 7) is 0.243. The predicted molar refractivity (Wildman–Crippen MR) is 68.5 cm³/mol. The third-order valence-corrected chi connectivity index (χ3v) is 2.57. The average molecular weight is 262 g/mol. The number of para-hydroxylation sites is 1. The molecular weight excluding hydrogens is 251 g/mol. The SMILES string of the molecule is O=[N+]([O-])c1cc(F)cc(NCc2ccccc2O)c1. The number of nitro benzene ring substituents is 1. The number of nitrogens with zero attached hydrogens (tertiary/aromatic N) is 1. The molecule has 0 spiro atoms. The summed E-state index contributed by atoms with van der Waals surface area (Å²) in [4.78, 5) is 9.95. The van der Waals surface area contributed by atoms with Crippen LogP contribution in [0.3, 0.4) is 0 Å². The quantitative estimate of drug-likeness (QED) is 0.656. The molecule has 0 bridgehead atoms. The molecule has 0 atom stereocenters. The highest BCUT2D eigenvalue weighted by Gasteiger charge is 2.10. The Bertz CT molecular complexity index is 617. The summed E-state index contributed by atoms with van der Waals surface area (Å²) < 4.78 is 13.2. The monoisotopic (exact) mass is 262 g/mol. The largest absolute Gasteiger partial charge is 0.508 e. The van der Waals surface area contributed by atoms with Crippen LogP contribution in [0, 0.1) is 15.9 Å². The topological polar surface area (TPSA) is 75.4 Å². The van der Waals surface area contributed by atoms with Crippen molar-refractivity contribution in [2.45, 2.75) is 6.54 Å². The lowest BCUT2D eigenvalue weighted by molar-refractivity contribution is -0.385. The Morgan fingerprint density at radius 2 is 2.00 bits per heavy atom. The van der Waals surface area contributed by atoms with Gasteiger partial charge in [0.15, 0.2) is 0 Å². The second kappa shape index (κ2) is 5.34. The normalized spacial score (nSPS) is 10.2. The molecule has 2 rings (SSSR count). The van der Waals surface area contributed by atoms with Crippen LogP contribution in [0.15, 0.2) is 42.5 Å². The number of hydrogen-bond donors (Lipinski definition) is 2.